The lowest BCUT2D eigenvalue weighted by atomic mass is 10.2. The fraction of sp³-hybridized carbons (Fsp3) is 0.167. The fourth-order valence-electron chi connectivity index (χ4n) is 1.92. The molecule has 1 amide bonds. The molecule has 130 valence electrons. The summed E-state index contributed by atoms with van der Waals surface area (Å²) in [5.74, 6) is -0.272. The lowest BCUT2D eigenvalue weighted by Crippen LogP contribution is -2.19. The Morgan fingerprint density at radius 2 is 1.88 bits per heavy atom. The molecule has 0 aliphatic heterocycles. The Balaban J connectivity index is 1.86. The number of esters is 1. The Kier molecular flexibility index (Phi) is 6.53. The SMILES string of the molecule is CCOC(=O)COc1ccc(/C=N\NC(=O)c2ccccc2N)cc1. The molecule has 3 N–H and O–H groups in total. The molecular formula is C18H19N3O4. The van der Waals surface area contributed by atoms with Crippen LogP contribution in [-0.4, -0.2) is 31.3 Å². The number of nitrogens with two attached hydrogens (primary N) is 1. The first-order chi connectivity index (χ1) is 12.1. The summed E-state index contributed by atoms with van der Waals surface area (Å²) in [6.45, 7) is 1.91. The molecule has 0 fully saturated rings. The molecule has 0 saturated heterocycles. The van der Waals surface area contributed by atoms with Gasteiger partial charge < -0.3 is 15.2 Å². The van der Waals surface area contributed by atoms with E-state index < -0.39 is 5.97 Å². The largest absolute Gasteiger partial charge is 0.482 e. The minimum absolute atomic E-state index is 0.143. The second kappa shape index (κ2) is 9.07. The van der Waals surface area contributed by atoms with Crippen LogP contribution in [-0.2, 0) is 9.53 Å². The van der Waals surface area contributed by atoms with Gasteiger partial charge >= 0.3 is 5.97 Å². The van der Waals surface area contributed by atoms with Gasteiger partial charge in [0.05, 0.1) is 18.4 Å². The van der Waals surface area contributed by atoms with E-state index >= 15 is 0 Å². The second-order valence-corrected chi connectivity index (χ2v) is 4.95. The molecule has 0 unspecified atom stereocenters. The second-order valence-electron chi connectivity index (χ2n) is 4.95. The van der Waals surface area contributed by atoms with Gasteiger partial charge in [0.2, 0.25) is 0 Å². The van der Waals surface area contributed by atoms with Crippen LogP contribution in [0.4, 0.5) is 5.69 Å². The van der Waals surface area contributed by atoms with Gasteiger partial charge in [-0.3, -0.25) is 4.79 Å². The van der Waals surface area contributed by atoms with E-state index in [0.29, 0.717) is 23.6 Å². The zero-order valence-corrected chi connectivity index (χ0v) is 13.8. The molecule has 0 aliphatic carbocycles. The Hall–Kier alpha value is -3.35. The lowest BCUT2D eigenvalue weighted by molar-refractivity contribution is -0.145. The average molecular weight is 341 g/mol. The van der Waals surface area contributed by atoms with Gasteiger partial charge in [0.25, 0.3) is 5.91 Å². The van der Waals surface area contributed by atoms with E-state index in [1.54, 1.807) is 55.5 Å². The highest BCUT2D eigenvalue weighted by atomic mass is 16.6. The summed E-state index contributed by atoms with van der Waals surface area (Å²) in [7, 11) is 0. The van der Waals surface area contributed by atoms with E-state index in [1.807, 2.05) is 0 Å². The average Bonchev–Trinajstić information content (AvgIpc) is 2.61. The molecule has 2 aromatic carbocycles. The number of benzene rings is 2. The van der Waals surface area contributed by atoms with E-state index in [-0.39, 0.29) is 12.5 Å². The minimum Gasteiger partial charge on any atom is -0.482 e. The number of para-hydroxylation sites is 1. The third kappa shape index (κ3) is 5.65. The van der Waals surface area contributed by atoms with E-state index in [2.05, 4.69) is 10.5 Å². The maximum atomic E-state index is 11.9. The van der Waals surface area contributed by atoms with Crippen molar-refractivity contribution in [3.05, 3.63) is 59.7 Å². The van der Waals surface area contributed by atoms with Crippen LogP contribution >= 0.6 is 0 Å². The number of nitrogen functional groups attached to an aromatic ring is 1. The zero-order chi connectivity index (χ0) is 18.1. The van der Waals surface area contributed by atoms with Crippen LogP contribution in [0.2, 0.25) is 0 Å². The van der Waals surface area contributed by atoms with E-state index in [4.69, 9.17) is 15.2 Å². The highest BCUT2D eigenvalue weighted by Gasteiger charge is 2.07. The summed E-state index contributed by atoms with van der Waals surface area (Å²) in [4.78, 5) is 23.2. The number of hydrogen-bond donors (Lipinski definition) is 2. The first-order valence-corrected chi connectivity index (χ1v) is 7.66. The molecule has 0 heterocycles. The molecule has 25 heavy (non-hydrogen) atoms. The number of anilines is 1. The number of carbonyl (C=O) groups excluding carboxylic acids is 2. The molecule has 2 aromatic rings. The number of nitrogens with one attached hydrogen (secondary N) is 1. The Bertz CT molecular complexity index is 757. The normalized spacial score (nSPS) is 10.4. The minimum atomic E-state index is -0.420. The third-order valence-electron chi connectivity index (χ3n) is 3.13. The van der Waals surface area contributed by atoms with Crippen LogP contribution in [0.5, 0.6) is 5.75 Å². The molecule has 0 atom stereocenters. The highest BCUT2D eigenvalue weighted by molar-refractivity contribution is 5.99. The molecule has 0 aliphatic rings. The number of hydrogen-bond acceptors (Lipinski definition) is 6. The summed E-state index contributed by atoms with van der Waals surface area (Å²) in [6.07, 6.45) is 1.49. The van der Waals surface area contributed by atoms with Crippen LogP contribution < -0.4 is 15.9 Å². The predicted octanol–water partition coefficient (Wildman–Crippen LogP) is 1.97. The number of ether oxygens (including phenoxy) is 2. The van der Waals surface area contributed by atoms with Crippen molar-refractivity contribution in [1.82, 2.24) is 5.43 Å². The smallest absolute Gasteiger partial charge is 0.344 e. The maximum Gasteiger partial charge on any atom is 0.344 e. The van der Waals surface area contributed by atoms with Crippen molar-refractivity contribution in [1.29, 1.82) is 0 Å². The summed E-state index contributed by atoms with van der Waals surface area (Å²) in [5.41, 5.74) is 9.65. The molecule has 0 saturated carbocycles. The van der Waals surface area contributed by atoms with Crippen LogP contribution in [0.1, 0.15) is 22.8 Å². The van der Waals surface area contributed by atoms with Crippen molar-refractivity contribution in [3.8, 4) is 5.75 Å². The first-order valence-electron chi connectivity index (χ1n) is 7.66. The summed E-state index contributed by atoms with van der Waals surface area (Å²) in [6, 6.07) is 13.6. The molecule has 0 spiro atoms. The number of hydrazone groups is 1. The highest BCUT2D eigenvalue weighted by Crippen LogP contribution is 2.12. The van der Waals surface area contributed by atoms with Crippen molar-refractivity contribution < 1.29 is 19.1 Å². The summed E-state index contributed by atoms with van der Waals surface area (Å²) < 4.78 is 10.1. The quantitative estimate of drug-likeness (QED) is 0.347. The summed E-state index contributed by atoms with van der Waals surface area (Å²) in [5, 5.41) is 3.89. The molecule has 7 heteroatoms. The number of nitrogens with zero attached hydrogens (tertiary/aromatic N) is 1. The van der Waals surface area contributed by atoms with Crippen LogP contribution in [0.3, 0.4) is 0 Å². The predicted molar refractivity (Wildman–Crippen MR) is 94.5 cm³/mol. The number of carbonyl (C=O) groups is 2. The first kappa shape index (κ1) is 18.0. The third-order valence-corrected chi connectivity index (χ3v) is 3.13. The molecule has 0 aromatic heterocycles. The van der Waals surface area contributed by atoms with Crippen molar-refractivity contribution in [2.45, 2.75) is 6.92 Å². The monoisotopic (exact) mass is 341 g/mol. The Morgan fingerprint density at radius 3 is 2.56 bits per heavy atom. The summed E-state index contributed by atoms with van der Waals surface area (Å²) >= 11 is 0. The molecule has 7 nitrogen and oxygen atoms in total. The molecule has 0 radical (unpaired) electrons. The van der Waals surface area contributed by atoms with Gasteiger partial charge in [0.15, 0.2) is 6.61 Å². The lowest BCUT2D eigenvalue weighted by Gasteiger charge is -2.05. The van der Waals surface area contributed by atoms with Crippen molar-refractivity contribution >= 4 is 23.8 Å². The Morgan fingerprint density at radius 1 is 1.16 bits per heavy atom. The van der Waals surface area contributed by atoms with Crippen LogP contribution in [0.15, 0.2) is 53.6 Å². The zero-order valence-electron chi connectivity index (χ0n) is 13.8. The van der Waals surface area contributed by atoms with Crippen LogP contribution in [0, 0.1) is 0 Å². The molecule has 2 rings (SSSR count). The molecule has 0 bridgehead atoms. The fourth-order valence-corrected chi connectivity index (χ4v) is 1.92. The van der Waals surface area contributed by atoms with E-state index in [1.165, 1.54) is 6.21 Å². The van der Waals surface area contributed by atoms with Gasteiger partial charge in [-0.2, -0.15) is 5.10 Å². The van der Waals surface area contributed by atoms with Crippen molar-refractivity contribution in [3.63, 3.8) is 0 Å². The standard InChI is InChI=1S/C18H19N3O4/c1-2-24-17(22)12-25-14-9-7-13(8-10-14)11-20-21-18(23)15-5-3-4-6-16(15)19/h3-11H,2,12,19H2,1H3,(H,21,23)/b20-11-. The Labute approximate surface area is 145 Å². The number of amides is 1. The van der Waals surface area contributed by atoms with E-state index in [9.17, 15) is 9.59 Å². The van der Waals surface area contributed by atoms with Gasteiger partial charge in [0, 0.05) is 5.69 Å². The van der Waals surface area contributed by atoms with Gasteiger partial charge in [-0.1, -0.05) is 12.1 Å². The van der Waals surface area contributed by atoms with Crippen molar-refractivity contribution in [2.24, 2.45) is 5.10 Å². The van der Waals surface area contributed by atoms with Crippen molar-refractivity contribution in [2.75, 3.05) is 18.9 Å². The van der Waals surface area contributed by atoms with Crippen LogP contribution in [0.25, 0.3) is 0 Å². The van der Waals surface area contributed by atoms with Gasteiger partial charge in [-0.05, 0) is 48.9 Å². The molecular weight excluding hydrogens is 322 g/mol. The topological polar surface area (TPSA) is 103 Å². The van der Waals surface area contributed by atoms with Gasteiger partial charge in [-0.25, -0.2) is 10.2 Å². The van der Waals surface area contributed by atoms with Gasteiger partial charge in [0.1, 0.15) is 5.75 Å². The van der Waals surface area contributed by atoms with Gasteiger partial charge in [-0.15, -0.1) is 0 Å². The van der Waals surface area contributed by atoms with E-state index in [0.717, 1.165) is 5.56 Å². The number of rotatable bonds is 7. The maximum absolute atomic E-state index is 11.9.